The van der Waals surface area contributed by atoms with Crippen LogP contribution in [0.1, 0.15) is 70.6 Å². The van der Waals surface area contributed by atoms with Crippen molar-refractivity contribution in [1.82, 2.24) is 4.90 Å². The molecule has 16 heavy (non-hydrogen) atoms. The number of hydrogen-bond acceptors (Lipinski definition) is 1. The van der Waals surface area contributed by atoms with Crippen molar-refractivity contribution >= 4 is 0 Å². The number of likely N-dealkylation sites (tertiary alicyclic amines) is 1. The first-order valence-electron chi connectivity index (χ1n) is 7.67. The van der Waals surface area contributed by atoms with E-state index in [2.05, 4.69) is 4.90 Å². The lowest BCUT2D eigenvalue weighted by Gasteiger charge is -2.21. The van der Waals surface area contributed by atoms with E-state index in [4.69, 9.17) is 0 Å². The summed E-state index contributed by atoms with van der Waals surface area (Å²) in [6.07, 6.45) is 16.4. The van der Waals surface area contributed by atoms with Gasteiger partial charge in [0.05, 0.1) is 0 Å². The highest BCUT2D eigenvalue weighted by Gasteiger charge is 2.14. The summed E-state index contributed by atoms with van der Waals surface area (Å²) < 4.78 is 0. The third kappa shape index (κ3) is 4.45. The maximum Gasteiger partial charge on any atom is -0.00183 e. The number of hydrogen-bond donors (Lipinski definition) is 0. The summed E-state index contributed by atoms with van der Waals surface area (Å²) in [5, 5.41) is 0. The molecule has 1 saturated heterocycles. The Labute approximate surface area is 102 Å². The molecule has 1 saturated carbocycles. The minimum atomic E-state index is 1.07. The Bertz CT molecular complexity index is 164. The van der Waals surface area contributed by atoms with E-state index in [0.29, 0.717) is 0 Å². The number of rotatable bonds is 4. The fourth-order valence-electron chi connectivity index (χ4n) is 3.44. The predicted molar refractivity (Wildman–Crippen MR) is 70.7 cm³/mol. The molecular weight excluding hydrogens is 194 g/mol. The van der Waals surface area contributed by atoms with Gasteiger partial charge in [-0.25, -0.2) is 0 Å². The molecule has 2 rings (SSSR count). The Morgan fingerprint density at radius 3 is 2.06 bits per heavy atom. The molecule has 0 aromatic carbocycles. The maximum absolute atomic E-state index is 2.67. The summed E-state index contributed by atoms with van der Waals surface area (Å²) in [7, 11) is 0. The lowest BCUT2D eigenvalue weighted by atomic mass is 9.88. The highest BCUT2D eigenvalue weighted by molar-refractivity contribution is 4.68. The van der Waals surface area contributed by atoms with Gasteiger partial charge in [0, 0.05) is 0 Å². The molecule has 0 atom stereocenters. The fraction of sp³-hybridized carbons (Fsp3) is 1.00. The van der Waals surface area contributed by atoms with Gasteiger partial charge in [-0.05, 0) is 51.2 Å². The monoisotopic (exact) mass is 223 g/mol. The van der Waals surface area contributed by atoms with Gasteiger partial charge >= 0.3 is 0 Å². The van der Waals surface area contributed by atoms with E-state index < -0.39 is 0 Å². The Hall–Kier alpha value is -0.0400. The molecule has 0 radical (unpaired) electrons. The second-order valence-corrected chi connectivity index (χ2v) is 5.90. The van der Waals surface area contributed by atoms with Crippen LogP contribution in [0.2, 0.25) is 0 Å². The minimum Gasteiger partial charge on any atom is -0.303 e. The van der Waals surface area contributed by atoms with E-state index in [1.54, 1.807) is 0 Å². The van der Waals surface area contributed by atoms with E-state index in [-0.39, 0.29) is 0 Å². The smallest absolute Gasteiger partial charge is 0.00183 e. The molecule has 94 valence electrons. The molecule has 2 aliphatic rings. The van der Waals surface area contributed by atoms with Crippen molar-refractivity contribution in [2.75, 3.05) is 19.6 Å². The molecule has 0 unspecified atom stereocenters. The summed E-state index contributed by atoms with van der Waals surface area (Å²) in [4.78, 5) is 2.67. The van der Waals surface area contributed by atoms with E-state index in [1.165, 1.54) is 90.3 Å². The van der Waals surface area contributed by atoms with E-state index in [1.807, 2.05) is 0 Å². The van der Waals surface area contributed by atoms with Crippen LogP contribution in [0.25, 0.3) is 0 Å². The normalized spacial score (nSPS) is 25.5. The summed E-state index contributed by atoms with van der Waals surface area (Å²) in [6.45, 7) is 4.14. The van der Waals surface area contributed by atoms with Crippen molar-refractivity contribution in [3.05, 3.63) is 0 Å². The van der Waals surface area contributed by atoms with Gasteiger partial charge < -0.3 is 4.90 Å². The van der Waals surface area contributed by atoms with Crippen LogP contribution in [0.15, 0.2) is 0 Å². The van der Waals surface area contributed by atoms with Crippen LogP contribution in [0, 0.1) is 5.92 Å². The van der Waals surface area contributed by atoms with Gasteiger partial charge in [0.1, 0.15) is 0 Å². The molecule has 1 aliphatic carbocycles. The molecule has 0 amide bonds. The van der Waals surface area contributed by atoms with Crippen LogP contribution in [0.3, 0.4) is 0 Å². The van der Waals surface area contributed by atoms with Gasteiger partial charge in [-0.1, -0.05) is 44.9 Å². The SMILES string of the molecule is C1CCCC(CCCN2CCCC2)CCC1. The zero-order valence-corrected chi connectivity index (χ0v) is 10.9. The van der Waals surface area contributed by atoms with Crippen LogP contribution in [0.4, 0.5) is 0 Å². The molecule has 0 spiro atoms. The Morgan fingerprint density at radius 2 is 1.38 bits per heavy atom. The minimum absolute atomic E-state index is 1.07. The summed E-state index contributed by atoms with van der Waals surface area (Å²) in [5.41, 5.74) is 0. The molecule has 1 heteroatoms. The van der Waals surface area contributed by atoms with Gasteiger partial charge in [0.25, 0.3) is 0 Å². The molecule has 0 aromatic heterocycles. The van der Waals surface area contributed by atoms with Crippen LogP contribution in [-0.2, 0) is 0 Å². The molecule has 0 aromatic rings. The topological polar surface area (TPSA) is 3.24 Å². The molecule has 1 nitrogen and oxygen atoms in total. The van der Waals surface area contributed by atoms with Crippen molar-refractivity contribution in [3.63, 3.8) is 0 Å². The fourth-order valence-corrected chi connectivity index (χ4v) is 3.44. The Morgan fingerprint density at radius 1 is 0.750 bits per heavy atom. The quantitative estimate of drug-likeness (QED) is 0.689. The van der Waals surface area contributed by atoms with Gasteiger partial charge in [-0.2, -0.15) is 0 Å². The molecule has 2 fully saturated rings. The maximum atomic E-state index is 2.67. The lowest BCUT2D eigenvalue weighted by molar-refractivity contribution is 0.294. The van der Waals surface area contributed by atoms with E-state index in [0.717, 1.165) is 5.92 Å². The Balaban J connectivity index is 1.56. The van der Waals surface area contributed by atoms with E-state index in [9.17, 15) is 0 Å². The summed E-state index contributed by atoms with van der Waals surface area (Å²) >= 11 is 0. The van der Waals surface area contributed by atoms with Crippen molar-refractivity contribution in [3.8, 4) is 0 Å². The molecule has 0 bridgehead atoms. The average Bonchev–Trinajstić information content (AvgIpc) is 2.73. The van der Waals surface area contributed by atoms with E-state index >= 15 is 0 Å². The summed E-state index contributed by atoms with van der Waals surface area (Å²) in [6, 6.07) is 0. The van der Waals surface area contributed by atoms with Crippen LogP contribution in [-0.4, -0.2) is 24.5 Å². The molecule has 0 N–H and O–H groups in total. The van der Waals surface area contributed by atoms with Crippen molar-refractivity contribution in [2.24, 2.45) is 5.92 Å². The van der Waals surface area contributed by atoms with Gasteiger partial charge in [-0.15, -0.1) is 0 Å². The van der Waals surface area contributed by atoms with Crippen molar-refractivity contribution < 1.29 is 0 Å². The average molecular weight is 223 g/mol. The second kappa shape index (κ2) is 7.32. The zero-order valence-electron chi connectivity index (χ0n) is 10.9. The first-order chi connectivity index (χ1) is 7.95. The Kier molecular flexibility index (Phi) is 5.68. The van der Waals surface area contributed by atoms with Gasteiger partial charge in [0.2, 0.25) is 0 Å². The molecular formula is C15H29N. The van der Waals surface area contributed by atoms with Crippen LogP contribution in [0.5, 0.6) is 0 Å². The van der Waals surface area contributed by atoms with Crippen molar-refractivity contribution in [1.29, 1.82) is 0 Å². The summed E-state index contributed by atoms with van der Waals surface area (Å²) in [5.74, 6) is 1.07. The van der Waals surface area contributed by atoms with Gasteiger partial charge in [0.15, 0.2) is 0 Å². The zero-order chi connectivity index (χ0) is 11.1. The highest BCUT2D eigenvalue weighted by atomic mass is 15.1. The van der Waals surface area contributed by atoms with Crippen LogP contribution < -0.4 is 0 Å². The lowest BCUT2D eigenvalue weighted by Crippen LogP contribution is -2.21. The van der Waals surface area contributed by atoms with Crippen molar-refractivity contribution in [2.45, 2.75) is 70.6 Å². The third-order valence-corrected chi connectivity index (χ3v) is 4.51. The van der Waals surface area contributed by atoms with Crippen LogP contribution >= 0.6 is 0 Å². The highest BCUT2D eigenvalue weighted by Crippen LogP contribution is 2.26. The largest absolute Gasteiger partial charge is 0.303 e. The molecule has 1 heterocycles. The third-order valence-electron chi connectivity index (χ3n) is 4.51. The molecule has 1 aliphatic heterocycles. The number of nitrogens with zero attached hydrogens (tertiary/aromatic N) is 1. The second-order valence-electron chi connectivity index (χ2n) is 5.90. The standard InChI is InChI=1S/C15H29N/c1-2-4-9-15(10-5-3-1)11-8-14-16-12-6-7-13-16/h15H,1-14H2. The first kappa shape index (κ1) is 12.4. The first-order valence-corrected chi connectivity index (χ1v) is 7.67. The predicted octanol–water partition coefficient (Wildman–Crippen LogP) is 4.22. The van der Waals surface area contributed by atoms with Gasteiger partial charge in [-0.3, -0.25) is 0 Å².